The number of pyridine rings is 1. The zero-order chi connectivity index (χ0) is 16.6. The largest absolute Gasteiger partial charge is 0.495 e. The summed E-state index contributed by atoms with van der Waals surface area (Å²) in [5, 5.41) is 0.935. The summed E-state index contributed by atoms with van der Waals surface area (Å²) < 4.78 is 19.1. The fraction of sp³-hybridized carbons (Fsp3) is 0.176. The monoisotopic (exact) mass is 424 g/mol. The second kappa shape index (κ2) is 6.19. The number of hydrogen-bond acceptors (Lipinski definition) is 4. The van der Waals surface area contributed by atoms with Gasteiger partial charge in [0.25, 0.3) is 0 Å². The van der Waals surface area contributed by atoms with Crippen LogP contribution >= 0.6 is 22.6 Å². The third kappa shape index (κ3) is 2.67. The van der Waals surface area contributed by atoms with Crippen LogP contribution in [0.2, 0.25) is 0 Å². The van der Waals surface area contributed by atoms with Gasteiger partial charge in [0, 0.05) is 11.6 Å². The number of methoxy groups -OCH3 is 2. The van der Waals surface area contributed by atoms with Gasteiger partial charge in [-0.25, -0.2) is 4.79 Å². The van der Waals surface area contributed by atoms with Gasteiger partial charge in [0.15, 0.2) is 12.0 Å². The number of carbonyl (C=O) groups is 1. The van der Waals surface area contributed by atoms with Gasteiger partial charge in [0.05, 0.1) is 23.4 Å². The number of nitrogens with zero attached hydrogens (tertiary/aromatic N) is 1. The summed E-state index contributed by atoms with van der Waals surface area (Å²) in [4.78, 5) is 11.5. The first-order valence-electron chi connectivity index (χ1n) is 6.90. The Labute approximate surface area is 147 Å². The Balaban J connectivity index is 2.15. The van der Waals surface area contributed by atoms with Crippen LogP contribution in [0.1, 0.15) is 10.4 Å². The molecule has 2 aromatic heterocycles. The highest BCUT2D eigenvalue weighted by molar-refractivity contribution is 14.1. The molecular weight excluding hydrogens is 409 g/mol. The fourth-order valence-corrected chi connectivity index (χ4v) is 3.34. The van der Waals surface area contributed by atoms with Crippen LogP contribution in [0.5, 0.6) is 5.75 Å². The summed E-state index contributed by atoms with van der Waals surface area (Å²) in [6.45, 7) is 0. The molecule has 3 rings (SSSR count). The average molecular weight is 424 g/mol. The molecule has 2 heterocycles. The zero-order valence-electron chi connectivity index (χ0n) is 12.9. The van der Waals surface area contributed by atoms with E-state index >= 15 is 0 Å². The lowest BCUT2D eigenvalue weighted by atomic mass is 10.1. The van der Waals surface area contributed by atoms with E-state index in [9.17, 15) is 4.79 Å². The van der Waals surface area contributed by atoms with E-state index in [1.165, 1.54) is 7.11 Å². The van der Waals surface area contributed by atoms with E-state index in [1.54, 1.807) is 19.2 Å². The smallest absolute Gasteiger partial charge is 0.385 e. The molecule has 0 N–H and O–H groups in total. The lowest BCUT2D eigenvalue weighted by molar-refractivity contribution is -0.651. The Kier molecular flexibility index (Phi) is 4.25. The van der Waals surface area contributed by atoms with Crippen LogP contribution in [0.25, 0.3) is 22.4 Å². The Morgan fingerprint density at radius 1 is 1.17 bits per heavy atom. The van der Waals surface area contributed by atoms with E-state index in [1.807, 2.05) is 36.0 Å². The highest BCUT2D eigenvalue weighted by Crippen LogP contribution is 2.37. The van der Waals surface area contributed by atoms with Crippen molar-refractivity contribution in [2.45, 2.75) is 0 Å². The van der Waals surface area contributed by atoms with Gasteiger partial charge in [0.2, 0.25) is 0 Å². The quantitative estimate of drug-likeness (QED) is 0.368. The summed E-state index contributed by atoms with van der Waals surface area (Å²) in [6.07, 6.45) is 1.89. The maximum Gasteiger partial charge on any atom is 0.385 e. The summed E-state index contributed by atoms with van der Waals surface area (Å²) >= 11 is 2.25. The number of carbonyl (C=O) groups excluding carboxylic acids is 1. The Morgan fingerprint density at radius 3 is 2.48 bits per heavy atom. The summed E-state index contributed by atoms with van der Waals surface area (Å²) in [6, 6.07) is 9.05. The Morgan fingerprint density at radius 2 is 1.87 bits per heavy atom. The number of rotatable bonds is 3. The van der Waals surface area contributed by atoms with Crippen molar-refractivity contribution in [1.29, 1.82) is 0 Å². The number of esters is 1. The van der Waals surface area contributed by atoms with E-state index in [0.717, 1.165) is 31.7 Å². The minimum atomic E-state index is -0.357. The molecule has 0 fully saturated rings. The molecule has 0 saturated heterocycles. The van der Waals surface area contributed by atoms with Crippen LogP contribution in [0.15, 0.2) is 40.9 Å². The van der Waals surface area contributed by atoms with Gasteiger partial charge in [0.1, 0.15) is 18.2 Å². The molecule has 118 valence electrons. The van der Waals surface area contributed by atoms with Crippen molar-refractivity contribution in [2.75, 3.05) is 14.2 Å². The van der Waals surface area contributed by atoms with Crippen molar-refractivity contribution in [1.82, 2.24) is 0 Å². The van der Waals surface area contributed by atoms with Gasteiger partial charge in [-0.3, -0.25) is 0 Å². The molecule has 0 spiro atoms. The first kappa shape index (κ1) is 15.8. The van der Waals surface area contributed by atoms with Gasteiger partial charge < -0.3 is 13.9 Å². The van der Waals surface area contributed by atoms with Crippen molar-refractivity contribution >= 4 is 39.7 Å². The summed E-state index contributed by atoms with van der Waals surface area (Å²) in [5.41, 5.74) is 2.13. The summed E-state index contributed by atoms with van der Waals surface area (Å²) in [7, 11) is 4.93. The number of ether oxygens (including phenoxy) is 2. The van der Waals surface area contributed by atoms with E-state index in [-0.39, 0.29) is 5.97 Å². The van der Waals surface area contributed by atoms with Gasteiger partial charge in [-0.15, -0.1) is 0 Å². The van der Waals surface area contributed by atoms with Crippen molar-refractivity contribution < 1.29 is 23.3 Å². The van der Waals surface area contributed by atoms with Crippen LogP contribution in [0.4, 0.5) is 0 Å². The lowest BCUT2D eigenvalue weighted by Crippen LogP contribution is -2.27. The molecule has 6 heteroatoms. The molecule has 0 unspecified atom stereocenters. The number of halogens is 1. The number of aromatic nitrogens is 1. The zero-order valence-corrected chi connectivity index (χ0v) is 15.1. The average Bonchev–Trinajstić information content (AvgIpc) is 2.93. The third-order valence-electron chi connectivity index (χ3n) is 3.64. The first-order chi connectivity index (χ1) is 11.1. The highest BCUT2D eigenvalue weighted by atomic mass is 127. The lowest BCUT2D eigenvalue weighted by Gasteiger charge is -2.01. The molecule has 3 aromatic rings. The number of hydrogen-bond donors (Lipinski definition) is 0. The second-order valence-corrected chi connectivity index (χ2v) is 6.07. The minimum Gasteiger partial charge on any atom is -0.495 e. The van der Waals surface area contributed by atoms with Crippen molar-refractivity contribution in [3.8, 4) is 17.1 Å². The molecule has 0 aliphatic carbocycles. The van der Waals surface area contributed by atoms with Gasteiger partial charge >= 0.3 is 11.7 Å². The van der Waals surface area contributed by atoms with Crippen molar-refractivity contribution in [2.24, 2.45) is 7.05 Å². The van der Waals surface area contributed by atoms with Crippen LogP contribution < -0.4 is 9.30 Å². The SMILES string of the molecule is COC(=O)c1ccc(-c2oc3c(c(OC)cc[n+]3C)c2I)cc1. The summed E-state index contributed by atoms with van der Waals surface area (Å²) in [5.74, 6) is 1.16. The molecule has 0 bridgehead atoms. The van der Waals surface area contributed by atoms with Crippen LogP contribution in [0.3, 0.4) is 0 Å². The Bertz CT molecular complexity index is 884. The third-order valence-corrected chi connectivity index (χ3v) is 4.67. The number of aryl methyl sites for hydroxylation is 1. The first-order valence-corrected chi connectivity index (χ1v) is 7.98. The molecule has 0 atom stereocenters. The number of furan rings is 1. The maximum absolute atomic E-state index is 11.5. The normalized spacial score (nSPS) is 10.8. The molecule has 0 radical (unpaired) electrons. The molecule has 5 nitrogen and oxygen atoms in total. The fourth-order valence-electron chi connectivity index (χ4n) is 2.42. The Hall–Kier alpha value is -2.09. The van der Waals surface area contributed by atoms with Crippen molar-refractivity contribution in [3.63, 3.8) is 0 Å². The molecule has 1 aromatic carbocycles. The van der Waals surface area contributed by atoms with E-state index < -0.39 is 0 Å². The highest BCUT2D eigenvalue weighted by Gasteiger charge is 2.24. The van der Waals surface area contributed by atoms with E-state index in [4.69, 9.17) is 13.9 Å². The minimum absolute atomic E-state index is 0.357. The van der Waals surface area contributed by atoms with Crippen LogP contribution in [-0.4, -0.2) is 20.2 Å². The van der Waals surface area contributed by atoms with Crippen LogP contribution in [-0.2, 0) is 11.8 Å². The van der Waals surface area contributed by atoms with Gasteiger partial charge in [-0.1, -0.05) is 12.1 Å². The molecular formula is C17H15INO4+. The number of benzene rings is 1. The molecule has 0 aliphatic rings. The van der Waals surface area contributed by atoms with E-state index in [2.05, 4.69) is 22.6 Å². The van der Waals surface area contributed by atoms with Gasteiger partial charge in [-0.05, 0) is 34.7 Å². The van der Waals surface area contributed by atoms with Crippen LogP contribution in [0, 0.1) is 3.57 Å². The molecule has 0 aliphatic heterocycles. The second-order valence-electron chi connectivity index (χ2n) is 4.99. The molecule has 0 saturated carbocycles. The number of fused-ring (bicyclic) bond motifs is 1. The molecule has 23 heavy (non-hydrogen) atoms. The van der Waals surface area contributed by atoms with Crippen molar-refractivity contribution in [3.05, 3.63) is 45.7 Å². The molecule has 0 amide bonds. The van der Waals surface area contributed by atoms with Gasteiger partial charge in [-0.2, -0.15) is 4.57 Å². The predicted molar refractivity (Wildman–Crippen MR) is 93.4 cm³/mol. The standard InChI is InChI=1S/C17H15INO4/c1-19-9-8-12(21-2)13-14(18)15(23-16(13)19)10-4-6-11(7-5-10)17(20)22-3/h4-9H,1-3H3/q+1. The predicted octanol–water partition coefficient (Wildman–Crippen LogP) is 3.32. The van der Waals surface area contributed by atoms with E-state index in [0.29, 0.717) is 5.56 Å². The topological polar surface area (TPSA) is 52.6 Å². The maximum atomic E-state index is 11.5.